The number of carbonyl (C=O) groups excluding carboxylic acids is 2. The Balaban J connectivity index is 1.72. The van der Waals surface area contributed by atoms with E-state index in [1.54, 1.807) is 7.05 Å². The molecule has 3 heterocycles. The molecule has 3 aliphatic heterocycles. The number of anilines is 1. The summed E-state index contributed by atoms with van der Waals surface area (Å²) in [5.41, 5.74) is 4.21. The molecule has 0 spiro atoms. The molecule has 0 aliphatic carbocycles. The maximum Gasteiger partial charge on any atom is 0.328 e. The summed E-state index contributed by atoms with van der Waals surface area (Å²) < 4.78 is 0. The van der Waals surface area contributed by atoms with Crippen LogP contribution in [0.4, 0.5) is 10.5 Å². The number of aliphatic imine (C=N–C) groups is 1. The number of aliphatic hydroxyl groups is 1. The first kappa shape index (κ1) is 19.4. The van der Waals surface area contributed by atoms with Crippen molar-refractivity contribution in [3.63, 3.8) is 0 Å². The highest BCUT2D eigenvalue weighted by atomic mass is 16.3. The average Bonchev–Trinajstić information content (AvgIpc) is 3.22. The number of likely N-dealkylation sites (N-methyl/N-ethyl adjacent to an activating group) is 1. The van der Waals surface area contributed by atoms with E-state index in [1.807, 2.05) is 18.7 Å². The van der Waals surface area contributed by atoms with Crippen molar-refractivity contribution in [1.82, 2.24) is 14.7 Å². The lowest BCUT2D eigenvalue weighted by Gasteiger charge is -2.40. The molecule has 3 aliphatic rings. The third-order valence-electron chi connectivity index (χ3n) is 6.04. The zero-order valence-electron chi connectivity index (χ0n) is 17.3. The molecule has 0 saturated carbocycles. The molecule has 8 nitrogen and oxygen atoms in total. The van der Waals surface area contributed by atoms with E-state index in [0.717, 1.165) is 23.5 Å². The van der Waals surface area contributed by atoms with E-state index in [0.29, 0.717) is 12.4 Å². The van der Waals surface area contributed by atoms with Crippen molar-refractivity contribution in [2.24, 2.45) is 4.99 Å². The molecular weight excluding hydrogens is 370 g/mol. The number of aryl methyl sites for hydroxylation is 1. The number of benzene rings is 1. The number of allylic oxidation sites excluding steroid dienone is 2. The number of hydrogen-bond donors (Lipinski definition) is 1. The first-order valence-corrected chi connectivity index (χ1v) is 10.0. The van der Waals surface area contributed by atoms with Gasteiger partial charge in [0.05, 0.1) is 0 Å². The third-order valence-corrected chi connectivity index (χ3v) is 6.04. The van der Waals surface area contributed by atoms with Crippen molar-refractivity contribution in [2.75, 3.05) is 25.1 Å². The number of hydrogen-bond acceptors (Lipinski definition) is 6. The van der Waals surface area contributed by atoms with E-state index in [9.17, 15) is 9.59 Å². The van der Waals surface area contributed by atoms with Crippen LogP contribution in [0.1, 0.15) is 32.8 Å². The monoisotopic (exact) mass is 397 g/mol. The lowest BCUT2D eigenvalue weighted by atomic mass is 10.1. The van der Waals surface area contributed by atoms with Crippen LogP contribution in [0, 0.1) is 0 Å². The zero-order chi connectivity index (χ0) is 20.9. The molecule has 1 fully saturated rings. The molecule has 0 bridgehead atoms. The van der Waals surface area contributed by atoms with Crippen LogP contribution in [0.5, 0.6) is 0 Å². The van der Waals surface area contributed by atoms with Crippen molar-refractivity contribution < 1.29 is 14.7 Å². The summed E-state index contributed by atoms with van der Waals surface area (Å²) in [6.45, 7) is 6.25. The van der Waals surface area contributed by atoms with Crippen LogP contribution in [0.15, 0.2) is 40.7 Å². The molecule has 1 aromatic carbocycles. The van der Waals surface area contributed by atoms with Crippen LogP contribution in [0.2, 0.25) is 0 Å². The van der Waals surface area contributed by atoms with E-state index < -0.39 is 12.2 Å². The highest BCUT2D eigenvalue weighted by Crippen LogP contribution is 2.39. The Kier molecular flexibility index (Phi) is 4.82. The molecule has 29 heavy (non-hydrogen) atoms. The normalized spacial score (nSPS) is 23.8. The highest BCUT2D eigenvalue weighted by molar-refractivity contribution is 6.10. The minimum absolute atomic E-state index is 0.0695. The molecule has 4 rings (SSSR count). The fourth-order valence-corrected chi connectivity index (χ4v) is 4.24. The van der Waals surface area contributed by atoms with Gasteiger partial charge in [-0.2, -0.15) is 0 Å². The first-order valence-electron chi connectivity index (χ1n) is 10.0. The van der Waals surface area contributed by atoms with Crippen LogP contribution in [0.3, 0.4) is 0 Å². The lowest BCUT2D eigenvalue weighted by molar-refractivity contribution is -0.136. The molecular formula is C21H27N5O3. The Morgan fingerprint density at radius 1 is 1.10 bits per heavy atom. The van der Waals surface area contributed by atoms with Crippen LogP contribution in [0.25, 0.3) is 0 Å². The number of fused-ring (bicyclic) bond motifs is 3. The molecule has 0 radical (unpaired) electrons. The fourth-order valence-electron chi connectivity index (χ4n) is 4.24. The van der Waals surface area contributed by atoms with Gasteiger partial charge in [-0.3, -0.25) is 19.5 Å². The van der Waals surface area contributed by atoms with Gasteiger partial charge < -0.3 is 10.0 Å². The fraction of sp³-hybridized carbons (Fsp3) is 0.476. The number of carbonyl (C=O) groups is 2. The SMILES string of the molecule is CCc1ccc(N2C3=NC4C(C(=O)N(CCCO)C(=O)N4C)N3C(C)=C2C)cc1. The van der Waals surface area contributed by atoms with Gasteiger partial charge in [0, 0.05) is 37.3 Å². The molecule has 8 heteroatoms. The molecule has 2 unspecified atom stereocenters. The van der Waals surface area contributed by atoms with Crippen molar-refractivity contribution in [2.45, 2.75) is 45.8 Å². The quantitative estimate of drug-likeness (QED) is 0.822. The van der Waals surface area contributed by atoms with E-state index in [4.69, 9.17) is 10.1 Å². The summed E-state index contributed by atoms with van der Waals surface area (Å²) in [6.07, 6.45) is 0.771. The highest BCUT2D eigenvalue weighted by Gasteiger charge is 2.55. The van der Waals surface area contributed by atoms with Crippen LogP contribution >= 0.6 is 0 Å². The second-order valence-electron chi connectivity index (χ2n) is 7.64. The molecule has 1 saturated heterocycles. The molecule has 1 aromatic rings. The Labute approximate surface area is 170 Å². The predicted octanol–water partition coefficient (Wildman–Crippen LogP) is 1.96. The summed E-state index contributed by atoms with van der Waals surface area (Å²) >= 11 is 0. The summed E-state index contributed by atoms with van der Waals surface area (Å²) in [5, 5.41) is 9.14. The van der Waals surface area contributed by atoms with Gasteiger partial charge in [0.25, 0.3) is 5.91 Å². The number of imide groups is 1. The van der Waals surface area contributed by atoms with Crippen molar-refractivity contribution in [1.29, 1.82) is 0 Å². The third kappa shape index (κ3) is 2.81. The van der Waals surface area contributed by atoms with Gasteiger partial charge in [-0.1, -0.05) is 19.1 Å². The summed E-state index contributed by atoms with van der Waals surface area (Å²) in [6, 6.07) is 7.37. The zero-order valence-corrected chi connectivity index (χ0v) is 17.3. The molecule has 2 atom stereocenters. The van der Waals surface area contributed by atoms with Crippen LogP contribution in [-0.4, -0.2) is 70.1 Å². The largest absolute Gasteiger partial charge is 0.396 e. The predicted molar refractivity (Wildman–Crippen MR) is 110 cm³/mol. The number of amides is 3. The Morgan fingerprint density at radius 2 is 1.79 bits per heavy atom. The van der Waals surface area contributed by atoms with Crippen molar-refractivity contribution in [3.05, 3.63) is 41.2 Å². The number of guanidine groups is 1. The lowest BCUT2D eigenvalue weighted by Crippen LogP contribution is -2.64. The minimum atomic E-state index is -0.582. The van der Waals surface area contributed by atoms with Gasteiger partial charge in [-0.05, 0) is 44.4 Å². The van der Waals surface area contributed by atoms with E-state index >= 15 is 0 Å². The van der Waals surface area contributed by atoms with Gasteiger partial charge >= 0.3 is 6.03 Å². The topological polar surface area (TPSA) is 79.7 Å². The maximum absolute atomic E-state index is 13.2. The molecule has 154 valence electrons. The molecule has 3 amide bonds. The summed E-state index contributed by atoms with van der Waals surface area (Å²) in [5.74, 6) is 0.414. The first-order chi connectivity index (χ1) is 13.9. The second-order valence-corrected chi connectivity index (χ2v) is 7.64. The van der Waals surface area contributed by atoms with Gasteiger partial charge in [0.15, 0.2) is 12.2 Å². The van der Waals surface area contributed by atoms with E-state index in [1.165, 1.54) is 15.4 Å². The summed E-state index contributed by atoms with van der Waals surface area (Å²) in [4.78, 5) is 37.5. The Morgan fingerprint density at radius 3 is 2.41 bits per heavy atom. The standard InChI is InChI=1S/C21H27N5O3/c1-5-15-7-9-16(10-8-15)25-13(2)14(3)26-17-18(22-20(25)26)23(4)21(29)24(19(17)28)11-6-12-27/h7-10,17-18,27H,5-6,11-12H2,1-4H3. The smallest absolute Gasteiger partial charge is 0.328 e. The maximum atomic E-state index is 13.2. The number of aliphatic hydroxyl groups excluding tert-OH is 1. The van der Waals surface area contributed by atoms with Crippen molar-refractivity contribution >= 4 is 23.6 Å². The molecule has 1 N–H and O–H groups in total. The number of rotatable bonds is 5. The van der Waals surface area contributed by atoms with Gasteiger partial charge in [-0.15, -0.1) is 0 Å². The molecule has 0 aromatic heterocycles. The van der Waals surface area contributed by atoms with Crippen LogP contribution in [-0.2, 0) is 11.2 Å². The van der Waals surface area contributed by atoms with Crippen LogP contribution < -0.4 is 4.90 Å². The number of nitrogens with zero attached hydrogens (tertiary/aromatic N) is 5. The van der Waals surface area contributed by atoms with E-state index in [2.05, 4.69) is 36.1 Å². The average molecular weight is 397 g/mol. The Bertz CT molecular complexity index is 907. The number of urea groups is 1. The van der Waals surface area contributed by atoms with Crippen molar-refractivity contribution in [3.8, 4) is 0 Å². The van der Waals surface area contributed by atoms with E-state index in [-0.39, 0.29) is 25.1 Å². The minimum Gasteiger partial charge on any atom is -0.396 e. The summed E-state index contributed by atoms with van der Waals surface area (Å²) in [7, 11) is 1.68. The van der Waals surface area contributed by atoms with Gasteiger partial charge in [0.1, 0.15) is 0 Å². The Hall–Kier alpha value is -2.87. The van der Waals surface area contributed by atoms with Gasteiger partial charge in [0.2, 0.25) is 5.96 Å². The second kappa shape index (κ2) is 7.18. The van der Waals surface area contributed by atoms with Gasteiger partial charge in [-0.25, -0.2) is 9.79 Å².